The Hall–Kier alpha value is -1.14. The molecule has 2 amide bonds. The van der Waals surface area contributed by atoms with E-state index in [1.807, 2.05) is 4.90 Å². The van der Waals surface area contributed by atoms with Crippen LogP contribution in [0, 0.1) is 11.8 Å². The highest BCUT2D eigenvalue weighted by molar-refractivity contribution is 5.88. The van der Waals surface area contributed by atoms with Crippen molar-refractivity contribution >= 4 is 11.8 Å². The predicted octanol–water partition coefficient (Wildman–Crippen LogP) is 1.11. The predicted molar refractivity (Wildman–Crippen MR) is 93.6 cm³/mol. The zero-order valence-corrected chi connectivity index (χ0v) is 15.6. The molecule has 0 aromatic heterocycles. The van der Waals surface area contributed by atoms with Crippen LogP contribution >= 0.6 is 0 Å². The van der Waals surface area contributed by atoms with Gasteiger partial charge in [0, 0.05) is 25.7 Å². The van der Waals surface area contributed by atoms with Crippen molar-refractivity contribution in [3.05, 3.63) is 0 Å². The molecule has 138 valence electrons. The molecule has 0 unspecified atom stereocenters. The maximum absolute atomic E-state index is 12.9. The van der Waals surface area contributed by atoms with Crippen LogP contribution in [0.1, 0.15) is 39.5 Å². The molecule has 2 aliphatic heterocycles. The summed E-state index contributed by atoms with van der Waals surface area (Å²) in [7, 11) is 4.10. The highest BCUT2D eigenvalue weighted by Gasteiger charge is 2.34. The second-order valence-corrected chi connectivity index (χ2v) is 7.80. The maximum Gasteiger partial charge on any atom is 0.245 e. The normalized spacial score (nSPS) is 26.0. The van der Waals surface area contributed by atoms with Gasteiger partial charge in [0.2, 0.25) is 11.8 Å². The van der Waals surface area contributed by atoms with Gasteiger partial charge in [-0.05, 0) is 45.7 Å². The second kappa shape index (κ2) is 8.81. The lowest BCUT2D eigenvalue weighted by atomic mass is 9.98. The molecule has 1 N–H and O–H groups in total. The summed E-state index contributed by atoms with van der Waals surface area (Å²) >= 11 is 0. The first kappa shape index (κ1) is 19.2. The molecule has 0 spiro atoms. The molecular weight excluding hydrogens is 306 g/mol. The van der Waals surface area contributed by atoms with Crippen molar-refractivity contribution in [1.29, 1.82) is 0 Å². The molecule has 0 aromatic carbocycles. The van der Waals surface area contributed by atoms with Crippen LogP contribution in [0.5, 0.6) is 0 Å². The second-order valence-electron chi connectivity index (χ2n) is 7.80. The van der Waals surface area contributed by atoms with Crippen LogP contribution < -0.4 is 5.32 Å². The van der Waals surface area contributed by atoms with Crippen LogP contribution in [0.2, 0.25) is 0 Å². The van der Waals surface area contributed by atoms with E-state index in [1.165, 1.54) is 0 Å². The van der Waals surface area contributed by atoms with Crippen LogP contribution in [-0.4, -0.2) is 74.1 Å². The molecule has 2 rings (SSSR count). The van der Waals surface area contributed by atoms with E-state index in [0.717, 1.165) is 39.0 Å². The Labute approximate surface area is 145 Å². The van der Waals surface area contributed by atoms with Gasteiger partial charge in [0.1, 0.15) is 6.04 Å². The zero-order chi connectivity index (χ0) is 17.7. The lowest BCUT2D eigenvalue weighted by molar-refractivity contribution is -0.138. The van der Waals surface area contributed by atoms with Gasteiger partial charge in [-0.3, -0.25) is 9.59 Å². The molecule has 3 atom stereocenters. The quantitative estimate of drug-likeness (QED) is 0.787. The van der Waals surface area contributed by atoms with Gasteiger partial charge in [-0.2, -0.15) is 0 Å². The lowest BCUT2D eigenvalue weighted by Crippen LogP contribution is -2.51. The van der Waals surface area contributed by atoms with E-state index < -0.39 is 6.04 Å². The zero-order valence-electron chi connectivity index (χ0n) is 15.6. The summed E-state index contributed by atoms with van der Waals surface area (Å²) in [6.07, 6.45) is 3.44. The number of carbonyl (C=O) groups excluding carboxylic acids is 2. The number of nitrogens with zero attached hydrogens (tertiary/aromatic N) is 2. The Morgan fingerprint density at radius 2 is 2.04 bits per heavy atom. The van der Waals surface area contributed by atoms with E-state index in [4.69, 9.17) is 4.74 Å². The molecule has 0 bridgehead atoms. The fraction of sp³-hybridized carbons (Fsp3) is 0.889. The number of carbonyl (C=O) groups is 2. The minimum absolute atomic E-state index is 0.0305. The summed E-state index contributed by atoms with van der Waals surface area (Å²) in [5.41, 5.74) is 0. The molecule has 0 saturated carbocycles. The van der Waals surface area contributed by atoms with Crippen LogP contribution in [0.4, 0.5) is 0 Å². The van der Waals surface area contributed by atoms with E-state index in [9.17, 15) is 9.59 Å². The van der Waals surface area contributed by atoms with E-state index in [2.05, 4.69) is 38.2 Å². The number of nitrogens with one attached hydrogen (secondary N) is 1. The van der Waals surface area contributed by atoms with Gasteiger partial charge in [-0.15, -0.1) is 0 Å². The van der Waals surface area contributed by atoms with Crippen molar-refractivity contribution in [3.8, 4) is 0 Å². The third-order valence-electron chi connectivity index (χ3n) is 5.06. The Bertz CT molecular complexity index is 433. The minimum Gasteiger partial charge on any atom is -0.381 e. The van der Waals surface area contributed by atoms with Gasteiger partial charge in [-0.1, -0.05) is 13.8 Å². The number of rotatable bonds is 6. The van der Waals surface area contributed by atoms with Gasteiger partial charge in [0.05, 0.1) is 12.5 Å². The van der Waals surface area contributed by atoms with Crippen LogP contribution in [-0.2, 0) is 14.3 Å². The lowest BCUT2D eigenvalue weighted by Gasteiger charge is -2.28. The fourth-order valence-electron chi connectivity index (χ4n) is 3.51. The molecule has 2 aliphatic rings. The molecule has 0 aromatic rings. The van der Waals surface area contributed by atoms with E-state index in [1.54, 1.807) is 0 Å². The first-order chi connectivity index (χ1) is 11.4. The minimum atomic E-state index is -0.416. The fourth-order valence-corrected chi connectivity index (χ4v) is 3.51. The Morgan fingerprint density at radius 3 is 2.58 bits per heavy atom. The smallest absolute Gasteiger partial charge is 0.245 e. The van der Waals surface area contributed by atoms with Gasteiger partial charge in [0.15, 0.2) is 0 Å². The van der Waals surface area contributed by atoms with Gasteiger partial charge < -0.3 is 19.9 Å². The number of hydrogen-bond donors (Lipinski definition) is 1. The largest absolute Gasteiger partial charge is 0.381 e. The van der Waals surface area contributed by atoms with Crippen molar-refractivity contribution < 1.29 is 14.3 Å². The van der Waals surface area contributed by atoms with Gasteiger partial charge in [0.25, 0.3) is 0 Å². The number of amides is 2. The summed E-state index contributed by atoms with van der Waals surface area (Å²) in [5, 5.41) is 3.02. The SMILES string of the molecule is CC(C)C[C@H](NC(=O)[C@H]1CCCOC1)C(=O)N1CC[C@@H](N(C)C)C1. The van der Waals surface area contributed by atoms with E-state index >= 15 is 0 Å². The van der Waals surface area contributed by atoms with Crippen LogP contribution in [0.25, 0.3) is 0 Å². The first-order valence-electron chi connectivity index (χ1n) is 9.21. The van der Waals surface area contributed by atoms with Crippen molar-refractivity contribution in [2.45, 2.75) is 51.6 Å². The summed E-state index contributed by atoms with van der Waals surface area (Å²) in [6, 6.07) is -0.00330. The monoisotopic (exact) mass is 339 g/mol. The number of likely N-dealkylation sites (N-methyl/N-ethyl adjacent to an activating group) is 1. The summed E-state index contributed by atoms with van der Waals surface area (Å²) in [5.74, 6) is 0.276. The van der Waals surface area contributed by atoms with Gasteiger partial charge >= 0.3 is 0 Å². The average Bonchev–Trinajstić information content (AvgIpc) is 3.04. The van der Waals surface area contributed by atoms with E-state index in [-0.39, 0.29) is 17.7 Å². The molecule has 2 saturated heterocycles. The van der Waals surface area contributed by atoms with Crippen molar-refractivity contribution in [2.24, 2.45) is 11.8 Å². The summed E-state index contributed by atoms with van der Waals surface area (Å²) in [4.78, 5) is 29.5. The number of ether oxygens (including phenoxy) is 1. The summed E-state index contributed by atoms with van der Waals surface area (Å²) in [6.45, 7) is 6.91. The Balaban J connectivity index is 1.96. The Morgan fingerprint density at radius 1 is 1.29 bits per heavy atom. The molecule has 6 nitrogen and oxygen atoms in total. The maximum atomic E-state index is 12.9. The first-order valence-corrected chi connectivity index (χ1v) is 9.21. The third kappa shape index (κ3) is 5.18. The standard InChI is InChI=1S/C18H33N3O3/c1-13(2)10-16(19-17(22)14-6-5-9-24-12-14)18(23)21-8-7-15(11-21)20(3)4/h13-16H,5-12H2,1-4H3,(H,19,22)/t14-,15+,16-/m0/s1. The topological polar surface area (TPSA) is 61.9 Å². The third-order valence-corrected chi connectivity index (χ3v) is 5.06. The van der Waals surface area contributed by atoms with Crippen molar-refractivity contribution in [2.75, 3.05) is 40.4 Å². The molecule has 0 aliphatic carbocycles. The molecular formula is C18H33N3O3. The average molecular weight is 339 g/mol. The van der Waals surface area contributed by atoms with Crippen molar-refractivity contribution in [1.82, 2.24) is 15.1 Å². The van der Waals surface area contributed by atoms with Gasteiger partial charge in [-0.25, -0.2) is 0 Å². The molecule has 6 heteroatoms. The highest BCUT2D eigenvalue weighted by Crippen LogP contribution is 2.18. The molecule has 2 heterocycles. The highest BCUT2D eigenvalue weighted by atomic mass is 16.5. The number of likely N-dealkylation sites (tertiary alicyclic amines) is 1. The van der Waals surface area contributed by atoms with Crippen LogP contribution in [0.15, 0.2) is 0 Å². The van der Waals surface area contributed by atoms with Crippen molar-refractivity contribution in [3.63, 3.8) is 0 Å². The summed E-state index contributed by atoms with van der Waals surface area (Å²) < 4.78 is 5.40. The van der Waals surface area contributed by atoms with Crippen LogP contribution in [0.3, 0.4) is 0 Å². The van der Waals surface area contributed by atoms with E-state index in [0.29, 0.717) is 25.0 Å². The molecule has 2 fully saturated rings. The number of hydrogen-bond acceptors (Lipinski definition) is 4. The Kier molecular flexibility index (Phi) is 7.04. The molecule has 24 heavy (non-hydrogen) atoms. The molecule has 0 radical (unpaired) electrons.